The highest BCUT2D eigenvalue weighted by molar-refractivity contribution is 5.60. The van der Waals surface area contributed by atoms with E-state index in [4.69, 9.17) is 0 Å². The molecule has 0 aliphatic heterocycles. The molecule has 0 spiro atoms. The lowest BCUT2D eigenvalue weighted by molar-refractivity contribution is 0.789. The molecule has 0 aliphatic carbocycles. The van der Waals surface area contributed by atoms with Crippen LogP contribution < -0.4 is 5.32 Å². The molecule has 0 saturated carbocycles. The van der Waals surface area contributed by atoms with Crippen molar-refractivity contribution in [1.29, 1.82) is 0 Å². The van der Waals surface area contributed by atoms with Crippen LogP contribution >= 0.6 is 0 Å². The first-order valence-corrected chi connectivity index (χ1v) is 6.87. The van der Waals surface area contributed by atoms with Crippen LogP contribution in [0.2, 0.25) is 0 Å². The fourth-order valence-corrected chi connectivity index (χ4v) is 2.29. The Morgan fingerprint density at radius 1 is 1.05 bits per heavy atom. The Labute approximate surface area is 123 Å². The molecule has 3 rings (SSSR count). The molecule has 2 aromatic carbocycles. The van der Waals surface area contributed by atoms with E-state index < -0.39 is 0 Å². The van der Waals surface area contributed by atoms with E-state index in [1.54, 1.807) is 11.0 Å². The number of hydrogen-bond acceptors (Lipinski definition) is 4. The number of nitrogens with one attached hydrogen (secondary N) is 1. The van der Waals surface area contributed by atoms with Crippen LogP contribution in [-0.4, -0.2) is 20.2 Å². The Morgan fingerprint density at radius 3 is 2.71 bits per heavy atom. The molecular weight excluding hydrogens is 262 g/mol. The van der Waals surface area contributed by atoms with Crippen molar-refractivity contribution >= 4 is 5.69 Å². The van der Waals surface area contributed by atoms with Crippen LogP contribution in [0.15, 0.2) is 48.8 Å². The molecule has 0 bridgehead atoms. The molecule has 3 aromatic rings. The summed E-state index contributed by atoms with van der Waals surface area (Å²) in [5, 5.41) is 14.8. The van der Waals surface area contributed by atoms with Crippen molar-refractivity contribution in [3.8, 4) is 5.69 Å². The maximum absolute atomic E-state index is 3.95. The summed E-state index contributed by atoms with van der Waals surface area (Å²) in [5.74, 6) is 0. The molecule has 5 nitrogen and oxygen atoms in total. The molecule has 1 aromatic heterocycles. The molecule has 0 fully saturated rings. The van der Waals surface area contributed by atoms with Crippen molar-refractivity contribution < 1.29 is 0 Å². The zero-order chi connectivity index (χ0) is 14.7. The maximum atomic E-state index is 3.95. The van der Waals surface area contributed by atoms with Gasteiger partial charge in [0.15, 0.2) is 0 Å². The van der Waals surface area contributed by atoms with E-state index in [0.29, 0.717) is 0 Å². The van der Waals surface area contributed by atoms with Crippen molar-refractivity contribution in [1.82, 2.24) is 20.2 Å². The van der Waals surface area contributed by atoms with Gasteiger partial charge in [0.05, 0.1) is 11.4 Å². The average Bonchev–Trinajstić information content (AvgIpc) is 3.03. The summed E-state index contributed by atoms with van der Waals surface area (Å²) in [6.45, 7) is 5.06. The van der Waals surface area contributed by atoms with Gasteiger partial charge < -0.3 is 5.32 Å². The summed E-state index contributed by atoms with van der Waals surface area (Å²) < 4.78 is 1.66. The standard InChI is InChI=1S/C16H17N5/c1-12-6-5-7-14(13(12)2)10-17-15-8-3-4-9-16(15)21-11-18-19-20-21/h3-9,11,17H,10H2,1-2H3. The van der Waals surface area contributed by atoms with Gasteiger partial charge in [-0.05, 0) is 53.1 Å². The number of para-hydroxylation sites is 2. The monoisotopic (exact) mass is 279 g/mol. The minimum absolute atomic E-state index is 0.770. The zero-order valence-corrected chi connectivity index (χ0v) is 12.1. The second-order valence-electron chi connectivity index (χ2n) is 4.98. The topological polar surface area (TPSA) is 55.6 Å². The summed E-state index contributed by atoms with van der Waals surface area (Å²) in [7, 11) is 0. The number of tetrazole rings is 1. The van der Waals surface area contributed by atoms with E-state index >= 15 is 0 Å². The molecule has 0 amide bonds. The van der Waals surface area contributed by atoms with Gasteiger partial charge in [-0.3, -0.25) is 0 Å². The first-order valence-electron chi connectivity index (χ1n) is 6.87. The fourth-order valence-electron chi connectivity index (χ4n) is 2.29. The van der Waals surface area contributed by atoms with Crippen LogP contribution in [0.1, 0.15) is 16.7 Å². The largest absolute Gasteiger partial charge is 0.379 e. The van der Waals surface area contributed by atoms with Gasteiger partial charge in [-0.1, -0.05) is 30.3 Å². The fraction of sp³-hybridized carbons (Fsp3) is 0.188. The quantitative estimate of drug-likeness (QED) is 0.798. The number of nitrogens with zero attached hydrogens (tertiary/aromatic N) is 4. The lowest BCUT2D eigenvalue weighted by Gasteiger charge is -2.13. The van der Waals surface area contributed by atoms with Crippen LogP contribution in [0.3, 0.4) is 0 Å². The zero-order valence-electron chi connectivity index (χ0n) is 12.1. The highest BCUT2D eigenvalue weighted by Gasteiger charge is 2.06. The van der Waals surface area contributed by atoms with E-state index in [1.807, 2.05) is 24.3 Å². The van der Waals surface area contributed by atoms with Gasteiger partial charge in [0.25, 0.3) is 0 Å². The molecule has 5 heteroatoms. The maximum Gasteiger partial charge on any atom is 0.143 e. The molecule has 0 aliphatic rings. The van der Waals surface area contributed by atoms with Gasteiger partial charge in [0, 0.05) is 6.54 Å². The van der Waals surface area contributed by atoms with E-state index in [9.17, 15) is 0 Å². The molecule has 21 heavy (non-hydrogen) atoms. The van der Waals surface area contributed by atoms with Gasteiger partial charge in [-0.25, -0.2) is 0 Å². The molecule has 0 radical (unpaired) electrons. The van der Waals surface area contributed by atoms with Crippen LogP contribution in [0.4, 0.5) is 5.69 Å². The second-order valence-corrected chi connectivity index (χ2v) is 4.98. The minimum atomic E-state index is 0.770. The highest BCUT2D eigenvalue weighted by Crippen LogP contribution is 2.20. The third-order valence-corrected chi connectivity index (χ3v) is 3.69. The first kappa shape index (κ1) is 13.3. The highest BCUT2D eigenvalue weighted by atomic mass is 15.5. The summed E-state index contributed by atoms with van der Waals surface area (Å²) in [6, 6.07) is 14.4. The average molecular weight is 279 g/mol. The van der Waals surface area contributed by atoms with E-state index in [2.05, 4.69) is 52.9 Å². The van der Waals surface area contributed by atoms with Gasteiger partial charge in [0.1, 0.15) is 6.33 Å². The number of benzene rings is 2. The number of rotatable bonds is 4. The van der Waals surface area contributed by atoms with Crippen molar-refractivity contribution in [2.24, 2.45) is 0 Å². The van der Waals surface area contributed by atoms with Gasteiger partial charge in [-0.2, -0.15) is 4.68 Å². The minimum Gasteiger partial charge on any atom is -0.379 e. The van der Waals surface area contributed by atoms with Gasteiger partial charge >= 0.3 is 0 Å². The predicted molar refractivity (Wildman–Crippen MR) is 82.4 cm³/mol. The molecular formula is C16H17N5. The third-order valence-electron chi connectivity index (χ3n) is 3.69. The smallest absolute Gasteiger partial charge is 0.143 e. The summed E-state index contributed by atoms with van der Waals surface area (Å²) >= 11 is 0. The first-order chi connectivity index (χ1) is 10.3. The Bertz CT molecular complexity index is 734. The lowest BCUT2D eigenvalue weighted by Crippen LogP contribution is -2.06. The van der Waals surface area contributed by atoms with E-state index in [-0.39, 0.29) is 0 Å². The Morgan fingerprint density at radius 2 is 1.90 bits per heavy atom. The predicted octanol–water partition coefficient (Wildman–Crippen LogP) is 2.89. The van der Waals surface area contributed by atoms with Gasteiger partial charge in [0.2, 0.25) is 0 Å². The van der Waals surface area contributed by atoms with E-state index in [1.165, 1.54) is 16.7 Å². The molecule has 1 heterocycles. The Hall–Kier alpha value is -2.69. The SMILES string of the molecule is Cc1cccc(CNc2ccccc2-n2cnnn2)c1C. The summed E-state index contributed by atoms with van der Waals surface area (Å²) in [5.41, 5.74) is 5.87. The number of hydrogen-bond donors (Lipinski definition) is 1. The summed E-state index contributed by atoms with van der Waals surface area (Å²) in [4.78, 5) is 0. The molecule has 1 N–H and O–H groups in total. The summed E-state index contributed by atoms with van der Waals surface area (Å²) in [6.07, 6.45) is 1.60. The molecule has 106 valence electrons. The molecule has 0 atom stereocenters. The Balaban J connectivity index is 1.85. The van der Waals surface area contributed by atoms with Crippen LogP contribution in [0, 0.1) is 13.8 Å². The second kappa shape index (κ2) is 5.75. The van der Waals surface area contributed by atoms with E-state index in [0.717, 1.165) is 17.9 Å². The van der Waals surface area contributed by atoms with Crippen molar-refractivity contribution in [2.45, 2.75) is 20.4 Å². The van der Waals surface area contributed by atoms with Crippen molar-refractivity contribution in [3.05, 3.63) is 65.5 Å². The van der Waals surface area contributed by atoms with Crippen molar-refractivity contribution in [2.75, 3.05) is 5.32 Å². The molecule has 0 unspecified atom stereocenters. The van der Waals surface area contributed by atoms with Crippen LogP contribution in [0.5, 0.6) is 0 Å². The third kappa shape index (κ3) is 2.76. The van der Waals surface area contributed by atoms with Crippen molar-refractivity contribution in [3.63, 3.8) is 0 Å². The Kier molecular flexibility index (Phi) is 3.64. The number of aryl methyl sites for hydroxylation is 1. The number of anilines is 1. The van der Waals surface area contributed by atoms with Crippen LogP contribution in [-0.2, 0) is 6.54 Å². The normalized spacial score (nSPS) is 10.6. The number of aromatic nitrogens is 4. The lowest BCUT2D eigenvalue weighted by atomic mass is 10.0. The van der Waals surface area contributed by atoms with Gasteiger partial charge in [-0.15, -0.1) is 5.10 Å². The van der Waals surface area contributed by atoms with Crippen LogP contribution in [0.25, 0.3) is 5.69 Å². The molecule has 0 saturated heterocycles.